The van der Waals surface area contributed by atoms with Crippen LogP contribution in [0.5, 0.6) is 5.88 Å². The first-order valence-electron chi connectivity index (χ1n) is 11.5. The summed E-state index contributed by atoms with van der Waals surface area (Å²) in [6.07, 6.45) is 2.26. The fraction of sp³-hybridized carbons (Fsp3) is 0.440. The number of hydrogen-bond acceptors (Lipinski definition) is 7. The summed E-state index contributed by atoms with van der Waals surface area (Å²) in [6.45, 7) is 4.33. The summed E-state index contributed by atoms with van der Waals surface area (Å²) in [7, 11) is 3.15. The molecule has 34 heavy (non-hydrogen) atoms. The lowest BCUT2D eigenvalue weighted by Gasteiger charge is -2.34. The van der Waals surface area contributed by atoms with Crippen molar-refractivity contribution >= 4 is 33.4 Å². The number of carbonyl (C=O) groups excluding carboxylic acids is 2. The molecule has 4 rings (SSSR count). The normalized spacial score (nSPS) is 14.0. The zero-order valence-electron chi connectivity index (χ0n) is 19.9. The number of fused-ring (bicyclic) bond motifs is 1. The van der Waals surface area contributed by atoms with E-state index in [9.17, 15) is 9.59 Å². The zero-order chi connectivity index (χ0) is 24.1. The van der Waals surface area contributed by atoms with Gasteiger partial charge in [-0.3, -0.25) is 9.59 Å². The second-order valence-corrected chi connectivity index (χ2v) is 9.33. The monoisotopic (exact) mass is 482 g/mol. The topological polar surface area (TPSA) is 84.9 Å². The molecule has 1 aliphatic heterocycles. The Hall–Kier alpha value is -3.04. The summed E-state index contributed by atoms with van der Waals surface area (Å²) in [5.74, 6) is 1.10. The lowest BCUT2D eigenvalue weighted by molar-refractivity contribution is -0.132. The van der Waals surface area contributed by atoms with E-state index < -0.39 is 0 Å². The minimum atomic E-state index is -0.0352. The van der Waals surface area contributed by atoms with Gasteiger partial charge in [-0.05, 0) is 30.9 Å². The van der Waals surface area contributed by atoms with Crippen molar-refractivity contribution in [1.29, 1.82) is 0 Å². The van der Waals surface area contributed by atoms with Crippen molar-refractivity contribution in [2.75, 3.05) is 40.4 Å². The Morgan fingerprint density at radius 3 is 2.41 bits per heavy atom. The third-order valence-electron chi connectivity index (χ3n) is 6.08. The molecule has 0 bridgehead atoms. The van der Waals surface area contributed by atoms with E-state index in [1.165, 1.54) is 16.9 Å². The van der Waals surface area contributed by atoms with Crippen LogP contribution in [0.2, 0.25) is 0 Å². The van der Waals surface area contributed by atoms with Gasteiger partial charge in [0.25, 0.3) is 5.91 Å². The SMILES string of the molecule is COCc1nc(OC)c2c(C)c(C(=O)N3CCN(C(=O)CCCc4ccccc4)CC3)sc2n1. The maximum absolute atomic E-state index is 13.3. The van der Waals surface area contributed by atoms with Crippen molar-refractivity contribution in [1.82, 2.24) is 19.8 Å². The number of piperazine rings is 1. The van der Waals surface area contributed by atoms with Crippen molar-refractivity contribution in [3.05, 3.63) is 52.2 Å². The summed E-state index contributed by atoms with van der Waals surface area (Å²) < 4.78 is 10.6. The molecule has 1 aromatic carbocycles. The van der Waals surface area contributed by atoms with E-state index in [1.807, 2.05) is 34.9 Å². The molecule has 2 aromatic heterocycles. The third-order valence-corrected chi connectivity index (χ3v) is 7.26. The maximum Gasteiger partial charge on any atom is 0.264 e. The predicted octanol–water partition coefficient (Wildman–Crippen LogP) is 3.46. The number of thiophene rings is 1. The van der Waals surface area contributed by atoms with Crippen LogP contribution in [-0.4, -0.2) is 72.0 Å². The first-order valence-corrected chi connectivity index (χ1v) is 12.3. The quantitative estimate of drug-likeness (QED) is 0.489. The third kappa shape index (κ3) is 5.20. The molecular weight excluding hydrogens is 452 g/mol. The number of aromatic nitrogens is 2. The number of nitrogens with zero attached hydrogens (tertiary/aromatic N) is 4. The van der Waals surface area contributed by atoms with E-state index in [1.54, 1.807) is 14.2 Å². The number of ether oxygens (including phenoxy) is 2. The maximum atomic E-state index is 13.3. The van der Waals surface area contributed by atoms with Crippen LogP contribution in [0.1, 0.15) is 39.5 Å². The van der Waals surface area contributed by atoms with E-state index in [0.29, 0.717) is 54.0 Å². The summed E-state index contributed by atoms with van der Waals surface area (Å²) >= 11 is 1.35. The smallest absolute Gasteiger partial charge is 0.264 e. The summed E-state index contributed by atoms with van der Waals surface area (Å²) in [5, 5.41) is 0.767. The summed E-state index contributed by atoms with van der Waals surface area (Å²) in [6, 6.07) is 10.2. The number of hydrogen-bond donors (Lipinski definition) is 0. The van der Waals surface area contributed by atoms with Crippen LogP contribution in [-0.2, 0) is 22.6 Å². The molecule has 0 radical (unpaired) electrons. The van der Waals surface area contributed by atoms with Crippen LogP contribution in [0.4, 0.5) is 0 Å². The van der Waals surface area contributed by atoms with Crippen molar-refractivity contribution in [2.45, 2.75) is 32.8 Å². The molecule has 0 atom stereocenters. The van der Waals surface area contributed by atoms with Gasteiger partial charge in [-0.2, -0.15) is 4.98 Å². The molecule has 0 aliphatic carbocycles. The van der Waals surface area contributed by atoms with Gasteiger partial charge in [0.1, 0.15) is 11.4 Å². The Kier molecular flexibility index (Phi) is 7.74. The standard InChI is InChI=1S/C25H30N4O4S/c1-17-21-23(33-3)26-19(16-32-2)27-24(21)34-22(17)25(31)29-14-12-28(13-15-29)20(30)11-7-10-18-8-5-4-6-9-18/h4-6,8-9H,7,10-16H2,1-3H3. The Bertz CT molecular complexity index is 1160. The Balaban J connectivity index is 1.37. The van der Waals surface area contributed by atoms with Gasteiger partial charge in [0.05, 0.1) is 17.4 Å². The highest BCUT2D eigenvalue weighted by Gasteiger charge is 2.28. The van der Waals surface area contributed by atoms with Crippen LogP contribution < -0.4 is 4.74 Å². The molecule has 180 valence electrons. The molecule has 1 fully saturated rings. The minimum Gasteiger partial charge on any atom is -0.480 e. The van der Waals surface area contributed by atoms with Gasteiger partial charge in [-0.15, -0.1) is 11.3 Å². The molecule has 9 heteroatoms. The molecule has 0 unspecified atom stereocenters. The number of aryl methyl sites for hydroxylation is 2. The lowest BCUT2D eigenvalue weighted by atomic mass is 10.1. The van der Waals surface area contributed by atoms with Gasteiger partial charge < -0.3 is 19.3 Å². The van der Waals surface area contributed by atoms with Gasteiger partial charge in [0.2, 0.25) is 11.8 Å². The highest BCUT2D eigenvalue weighted by Crippen LogP contribution is 2.35. The number of benzene rings is 1. The van der Waals surface area contributed by atoms with E-state index >= 15 is 0 Å². The Morgan fingerprint density at radius 2 is 1.74 bits per heavy atom. The van der Waals surface area contributed by atoms with E-state index in [-0.39, 0.29) is 18.4 Å². The van der Waals surface area contributed by atoms with Crippen LogP contribution in [0.3, 0.4) is 0 Å². The zero-order valence-corrected chi connectivity index (χ0v) is 20.7. The predicted molar refractivity (Wildman–Crippen MR) is 131 cm³/mol. The van der Waals surface area contributed by atoms with Crippen molar-refractivity contribution in [3.63, 3.8) is 0 Å². The van der Waals surface area contributed by atoms with Crippen LogP contribution in [0.25, 0.3) is 10.2 Å². The molecule has 8 nitrogen and oxygen atoms in total. The van der Waals surface area contributed by atoms with Crippen LogP contribution >= 0.6 is 11.3 Å². The summed E-state index contributed by atoms with van der Waals surface area (Å²) in [4.78, 5) is 40.0. The molecule has 0 N–H and O–H groups in total. The fourth-order valence-corrected chi connectivity index (χ4v) is 5.40. The van der Waals surface area contributed by atoms with Gasteiger partial charge >= 0.3 is 0 Å². The molecule has 1 aliphatic rings. The lowest BCUT2D eigenvalue weighted by Crippen LogP contribution is -2.50. The van der Waals surface area contributed by atoms with Crippen molar-refractivity contribution < 1.29 is 19.1 Å². The highest BCUT2D eigenvalue weighted by molar-refractivity contribution is 7.20. The van der Waals surface area contributed by atoms with Crippen LogP contribution in [0, 0.1) is 6.92 Å². The molecule has 0 spiro atoms. The second-order valence-electron chi connectivity index (χ2n) is 8.33. The summed E-state index contributed by atoms with van der Waals surface area (Å²) in [5.41, 5.74) is 2.07. The van der Waals surface area contributed by atoms with Gasteiger partial charge in [-0.25, -0.2) is 4.98 Å². The molecule has 0 saturated carbocycles. The fourth-order valence-electron chi connectivity index (χ4n) is 4.24. The molecule has 3 heterocycles. The second kappa shape index (κ2) is 10.9. The number of amides is 2. The molecular formula is C25H30N4O4S. The van der Waals surface area contributed by atoms with E-state index in [2.05, 4.69) is 22.1 Å². The molecule has 3 aromatic rings. The number of methoxy groups -OCH3 is 2. The minimum absolute atomic E-state index is 0.0352. The van der Waals surface area contributed by atoms with Crippen LogP contribution in [0.15, 0.2) is 30.3 Å². The van der Waals surface area contributed by atoms with E-state index in [4.69, 9.17) is 9.47 Å². The van der Waals surface area contributed by atoms with Gasteiger partial charge in [0.15, 0.2) is 5.82 Å². The first-order chi connectivity index (χ1) is 16.5. The average molecular weight is 483 g/mol. The van der Waals surface area contributed by atoms with Gasteiger partial charge in [0, 0.05) is 39.7 Å². The highest BCUT2D eigenvalue weighted by atomic mass is 32.1. The van der Waals surface area contributed by atoms with E-state index in [0.717, 1.165) is 23.8 Å². The Morgan fingerprint density at radius 1 is 1.03 bits per heavy atom. The average Bonchev–Trinajstić information content (AvgIpc) is 3.20. The first kappa shape index (κ1) is 24.1. The largest absolute Gasteiger partial charge is 0.480 e. The Labute approximate surface area is 203 Å². The number of carbonyl (C=O) groups is 2. The molecule has 1 saturated heterocycles. The van der Waals surface area contributed by atoms with Gasteiger partial charge in [-0.1, -0.05) is 30.3 Å². The molecule has 2 amide bonds. The number of rotatable bonds is 8. The van der Waals surface area contributed by atoms with Crippen molar-refractivity contribution in [2.24, 2.45) is 0 Å². The van der Waals surface area contributed by atoms with Crippen molar-refractivity contribution in [3.8, 4) is 5.88 Å².